The van der Waals surface area contributed by atoms with Crippen molar-refractivity contribution in [1.29, 1.82) is 0 Å². The molecule has 120 valence electrons. The van der Waals surface area contributed by atoms with Gasteiger partial charge in [0.2, 0.25) is 0 Å². The Hall–Kier alpha value is -1.66. The first-order valence-electron chi connectivity index (χ1n) is 5.77. The fraction of sp³-hybridized carbons (Fsp3) is 0.250. The molecule has 1 amide bonds. The SMILES string of the molecule is CNS(=O)(=O)OC#CC(C)N(C(=O)O)c1ccc(Cl)c(Cl)c1. The standard InChI is InChI=1S/C12H12Cl2N2O5S/c1-8(5-6-21-22(19,20)15-2)16(12(17)18)9-3-4-10(13)11(14)7-9/h3-4,7-8,15H,1-2H3,(H,17,18). The number of anilines is 1. The minimum atomic E-state index is -3.97. The van der Waals surface area contributed by atoms with E-state index in [2.05, 4.69) is 10.1 Å². The summed E-state index contributed by atoms with van der Waals surface area (Å²) in [6.45, 7) is 1.46. The number of carboxylic acid groups (broad SMARTS) is 1. The highest BCUT2D eigenvalue weighted by molar-refractivity contribution is 7.84. The number of rotatable bonds is 4. The van der Waals surface area contributed by atoms with Gasteiger partial charge in [-0.05, 0) is 31.0 Å². The molecule has 2 N–H and O–H groups in total. The fourth-order valence-corrected chi connectivity index (χ4v) is 1.94. The van der Waals surface area contributed by atoms with Crippen LogP contribution in [0.2, 0.25) is 10.0 Å². The molecule has 0 fully saturated rings. The van der Waals surface area contributed by atoms with Crippen LogP contribution in [0.15, 0.2) is 18.2 Å². The van der Waals surface area contributed by atoms with Crippen molar-refractivity contribution in [3.63, 3.8) is 0 Å². The summed E-state index contributed by atoms with van der Waals surface area (Å²) in [7, 11) is -2.81. The summed E-state index contributed by atoms with van der Waals surface area (Å²) in [5, 5.41) is 9.73. The van der Waals surface area contributed by atoms with Crippen LogP contribution in [0.3, 0.4) is 0 Å². The molecule has 7 nitrogen and oxygen atoms in total. The number of hydrogen-bond acceptors (Lipinski definition) is 4. The van der Waals surface area contributed by atoms with E-state index in [0.29, 0.717) is 0 Å². The van der Waals surface area contributed by atoms with Crippen LogP contribution in [0.1, 0.15) is 6.92 Å². The molecule has 10 heteroatoms. The van der Waals surface area contributed by atoms with Crippen molar-refractivity contribution in [3.8, 4) is 12.0 Å². The molecule has 0 aliphatic rings. The number of amides is 1. The summed E-state index contributed by atoms with van der Waals surface area (Å²) in [4.78, 5) is 12.3. The first-order valence-corrected chi connectivity index (χ1v) is 7.94. The average molecular weight is 367 g/mol. The van der Waals surface area contributed by atoms with E-state index in [9.17, 15) is 18.3 Å². The van der Waals surface area contributed by atoms with Crippen LogP contribution in [0, 0.1) is 12.0 Å². The monoisotopic (exact) mass is 366 g/mol. The number of nitrogens with zero attached hydrogens (tertiary/aromatic N) is 1. The molecule has 0 saturated heterocycles. The second kappa shape index (κ2) is 7.56. The van der Waals surface area contributed by atoms with Crippen molar-refractivity contribution in [2.24, 2.45) is 0 Å². The highest BCUT2D eigenvalue weighted by atomic mass is 35.5. The summed E-state index contributed by atoms with van der Waals surface area (Å²) < 4.78 is 28.3. The van der Waals surface area contributed by atoms with E-state index >= 15 is 0 Å². The zero-order valence-electron chi connectivity index (χ0n) is 11.5. The number of nitrogens with one attached hydrogen (secondary N) is 1. The van der Waals surface area contributed by atoms with Crippen LogP contribution in [-0.2, 0) is 14.5 Å². The Morgan fingerprint density at radius 1 is 1.41 bits per heavy atom. The van der Waals surface area contributed by atoms with Crippen molar-refractivity contribution in [2.45, 2.75) is 13.0 Å². The molecule has 0 bridgehead atoms. The predicted molar refractivity (Wildman–Crippen MR) is 83.3 cm³/mol. The average Bonchev–Trinajstić information content (AvgIpc) is 2.42. The highest BCUT2D eigenvalue weighted by Crippen LogP contribution is 2.28. The summed E-state index contributed by atoms with van der Waals surface area (Å²) in [5.74, 6) is 2.36. The molecule has 1 unspecified atom stereocenters. The number of benzene rings is 1. The van der Waals surface area contributed by atoms with Gasteiger partial charge in [-0.2, -0.15) is 13.1 Å². The number of hydrogen-bond donors (Lipinski definition) is 2. The lowest BCUT2D eigenvalue weighted by atomic mass is 10.2. The highest BCUT2D eigenvalue weighted by Gasteiger charge is 2.21. The van der Waals surface area contributed by atoms with Crippen LogP contribution in [0.4, 0.5) is 10.5 Å². The van der Waals surface area contributed by atoms with Gasteiger partial charge in [0.25, 0.3) is 0 Å². The van der Waals surface area contributed by atoms with Gasteiger partial charge in [-0.25, -0.2) is 4.79 Å². The normalized spacial score (nSPS) is 12.0. The van der Waals surface area contributed by atoms with Gasteiger partial charge in [0.15, 0.2) is 0 Å². The molecular formula is C12H12Cl2N2O5S. The van der Waals surface area contributed by atoms with E-state index in [1.165, 1.54) is 25.1 Å². The Balaban J connectivity index is 3.03. The molecule has 1 aromatic carbocycles. The Morgan fingerprint density at radius 2 is 2.05 bits per heavy atom. The van der Waals surface area contributed by atoms with Gasteiger partial charge in [-0.3, -0.25) is 4.90 Å². The van der Waals surface area contributed by atoms with Crippen molar-refractivity contribution in [1.82, 2.24) is 4.72 Å². The molecule has 0 saturated carbocycles. The van der Waals surface area contributed by atoms with Crippen LogP contribution >= 0.6 is 23.2 Å². The van der Waals surface area contributed by atoms with Gasteiger partial charge in [0, 0.05) is 12.7 Å². The summed E-state index contributed by atoms with van der Waals surface area (Å²) in [6, 6.07) is 3.37. The van der Waals surface area contributed by atoms with E-state index in [0.717, 1.165) is 11.9 Å². The molecule has 1 atom stereocenters. The van der Waals surface area contributed by atoms with Crippen molar-refractivity contribution in [2.75, 3.05) is 11.9 Å². The second-order valence-corrected chi connectivity index (χ2v) is 6.21. The second-order valence-electron chi connectivity index (χ2n) is 3.91. The van der Waals surface area contributed by atoms with Crippen LogP contribution in [0.25, 0.3) is 0 Å². The van der Waals surface area contributed by atoms with E-state index < -0.39 is 22.4 Å². The molecular weight excluding hydrogens is 355 g/mol. The van der Waals surface area contributed by atoms with Gasteiger partial charge in [0.1, 0.15) is 12.1 Å². The van der Waals surface area contributed by atoms with Crippen LogP contribution in [-0.4, -0.2) is 32.7 Å². The summed E-state index contributed by atoms with van der Waals surface area (Å²) in [6.07, 6.45) is 0.648. The van der Waals surface area contributed by atoms with Crippen molar-refractivity contribution < 1.29 is 22.5 Å². The minimum Gasteiger partial charge on any atom is -0.465 e. The lowest BCUT2D eigenvalue weighted by Gasteiger charge is -2.22. The first kappa shape index (κ1) is 18.4. The topological polar surface area (TPSA) is 95.9 Å². The molecule has 0 spiro atoms. The minimum absolute atomic E-state index is 0.180. The summed E-state index contributed by atoms with van der Waals surface area (Å²) >= 11 is 11.6. The molecule has 0 aliphatic carbocycles. The van der Waals surface area contributed by atoms with E-state index in [1.54, 1.807) is 0 Å². The molecule has 22 heavy (non-hydrogen) atoms. The Labute approximate surface area is 138 Å². The van der Waals surface area contributed by atoms with Crippen LogP contribution < -0.4 is 9.62 Å². The largest absolute Gasteiger partial charge is 0.465 e. The van der Waals surface area contributed by atoms with Gasteiger partial charge < -0.3 is 9.29 Å². The van der Waals surface area contributed by atoms with Crippen LogP contribution in [0.5, 0.6) is 0 Å². The maximum absolute atomic E-state index is 11.4. The molecule has 0 heterocycles. The molecule has 1 aromatic rings. The van der Waals surface area contributed by atoms with Crippen molar-refractivity contribution >= 4 is 45.3 Å². The third-order valence-corrected chi connectivity index (χ3v) is 3.99. The Morgan fingerprint density at radius 3 is 2.55 bits per heavy atom. The molecule has 1 rings (SSSR count). The first-order chi connectivity index (χ1) is 10.2. The van der Waals surface area contributed by atoms with Gasteiger partial charge in [-0.1, -0.05) is 23.2 Å². The van der Waals surface area contributed by atoms with E-state index in [4.69, 9.17) is 23.2 Å². The molecule has 0 aliphatic heterocycles. The van der Waals surface area contributed by atoms with Gasteiger partial charge >= 0.3 is 16.4 Å². The van der Waals surface area contributed by atoms with E-state index in [-0.39, 0.29) is 15.7 Å². The van der Waals surface area contributed by atoms with Gasteiger partial charge in [0.05, 0.1) is 10.0 Å². The molecule has 0 aromatic heterocycles. The Kier molecular flexibility index (Phi) is 6.32. The third-order valence-electron chi connectivity index (χ3n) is 2.44. The predicted octanol–water partition coefficient (Wildman–Crippen LogP) is 2.31. The molecule has 0 radical (unpaired) electrons. The summed E-state index contributed by atoms with van der Waals surface area (Å²) in [5.41, 5.74) is 0.236. The maximum Gasteiger partial charge on any atom is 0.412 e. The number of carbonyl (C=O) groups is 1. The van der Waals surface area contributed by atoms with Gasteiger partial charge in [-0.15, -0.1) is 0 Å². The van der Waals surface area contributed by atoms with E-state index in [1.807, 2.05) is 10.8 Å². The quantitative estimate of drug-likeness (QED) is 0.797. The zero-order chi connectivity index (χ0) is 16.9. The number of halogens is 2. The Bertz CT molecular complexity index is 727. The maximum atomic E-state index is 11.4. The fourth-order valence-electron chi connectivity index (χ4n) is 1.41. The lowest BCUT2D eigenvalue weighted by Crippen LogP contribution is -2.36. The lowest BCUT2D eigenvalue weighted by molar-refractivity contribution is 0.201. The third kappa shape index (κ3) is 4.96. The van der Waals surface area contributed by atoms with Crippen molar-refractivity contribution in [3.05, 3.63) is 28.2 Å². The zero-order valence-corrected chi connectivity index (χ0v) is 13.8. The smallest absolute Gasteiger partial charge is 0.412 e.